The summed E-state index contributed by atoms with van der Waals surface area (Å²) < 4.78 is 24.0. The predicted molar refractivity (Wildman–Crippen MR) is 105 cm³/mol. The molecule has 1 aliphatic heterocycles. The van der Waals surface area contributed by atoms with Crippen molar-refractivity contribution in [1.82, 2.24) is 4.90 Å². The van der Waals surface area contributed by atoms with Crippen molar-refractivity contribution in [3.05, 3.63) is 64.2 Å². The molecule has 1 fully saturated rings. The number of benzene rings is 2. The Morgan fingerprint density at radius 2 is 1.74 bits per heavy atom. The first-order valence-corrected chi connectivity index (χ1v) is 10.7. The summed E-state index contributed by atoms with van der Waals surface area (Å²) in [4.78, 5) is 15.1. The molecule has 0 saturated carbocycles. The lowest BCUT2D eigenvalue weighted by molar-refractivity contribution is -0.387. The average Bonchev–Trinajstić information content (AvgIpc) is 2.86. The molecule has 0 bridgehead atoms. The van der Waals surface area contributed by atoms with Crippen molar-refractivity contribution in [2.75, 3.05) is 37.3 Å². The highest BCUT2D eigenvalue weighted by molar-refractivity contribution is 7.90. The first-order chi connectivity index (χ1) is 12.9. The Balaban J connectivity index is 1.82. The van der Waals surface area contributed by atoms with Gasteiger partial charge < -0.3 is 4.90 Å². The monoisotopic (exact) mass is 389 g/mol. The highest BCUT2D eigenvalue weighted by Gasteiger charge is 2.29. The smallest absolute Gasteiger partial charge is 0.311 e. The van der Waals surface area contributed by atoms with Gasteiger partial charge in [-0.2, -0.15) is 0 Å². The minimum atomic E-state index is -3.68. The molecule has 0 unspecified atom stereocenters. The van der Waals surface area contributed by atoms with Crippen molar-refractivity contribution >= 4 is 21.2 Å². The van der Waals surface area contributed by atoms with Crippen LogP contribution in [0.4, 0.5) is 11.4 Å². The first-order valence-electron chi connectivity index (χ1n) is 8.85. The molecule has 0 atom stereocenters. The number of nitro benzene ring substituents is 1. The van der Waals surface area contributed by atoms with Crippen LogP contribution in [0.5, 0.6) is 0 Å². The maximum absolute atomic E-state index is 12.0. The summed E-state index contributed by atoms with van der Waals surface area (Å²) in [6.45, 7) is 3.75. The van der Waals surface area contributed by atoms with E-state index in [-0.39, 0.29) is 10.6 Å². The standard InChI is InChI=1S/C19H23N3O4S/c1-27(25,26)18-10-5-9-17(19(18)22(23)24)21-12-6-11-20(13-14-21)15-16-7-3-2-4-8-16/h2-5,7-10H,6,11-15H2,1H3. The van der Waals surface area contributed by atoms with E-state index in [2.05, 4.69) is 17.0 Å². The summed E-state index contributed by atoms with van der Waals surface area (Å²) >= 11 is 0. The van der Waals surface area contributed by atoms with E-state index < -0.39 is 14.8 Å². The van der Waals surface area contributed by atoms with E-state index in [1.807, 2.05) is 23.1 Å². The zero-order valence-corrected chi connectivity index (χ0v) is 16.1. The van der Waals surface area contributed by atoms with Crippen LogP contribution in [0.3, 0.4) is 0 Å². The predicted octanol–water partition coefficient (Wildman–Crippen LogP) is 2.71. The minimum Gasteiger partial charge on any atom is -0.365 e. The summed E-state index contributed by atoms with van der Waals surface area (Å²) in [5.41, 5.74) is 1.29. The lowest BCUT2D eigenvalue weighted by Crippen LogP contribution is -2.31. The van der Waals surface area contributed by atoms with Gasteiger partial charge in [0.25, 0.3) is 0 Å². The highest BCUT2D eigenvalue weighted by atomic mass is 32.2. The molecule has 0 N–H and O–H groups in total. The fourth-order valence-corrected chi connectivity index (χ4v) is 4.32. The van der Waals surface area contributed by atoms with E-state index in [9.17, 15) is 18.5 Å². The quantitative estimate of drug-likeness (QED) is 0.577. The zero-order chi connectivity index (χ0) is 19.4. The average molecular weight is 389 g/mol. The molecule has 2 aromatic rings. The first kappa shape index (κ1) is 19.3. The van der Waals surface area contributed by atoms with Crippen LogP contribution in [0.2, 0.25) is 0 Å². The normalized spacial score (nSPS) is 16.1. The van der Waals surface area contributed by atoms with Crippen molar-refractivity contribution < 1.29 is 13.3 Å². The molecule has 7 nitrogen and oxygen atoms in total. The van der Waals surface area contributed by atoms with E-state index >= 15 is 0 Å². The van der Waals surface area contributed by atoms with Gasteiger partial charge in [-0.1, -0.05) is 36.4 Å². The Bertz CT molecular complexity index is 916. The number of rotatable bonds is 5. The van der Waals surface area contributed by atoms with Gasteiger partial charge in [0.2, 0.25) is 0 Å². The second-order valence-corrected chi connectivity index (χ2v) is 8.74. The molecule has 8 heteroatoms. The van der Waals surface area contributed by atoms with Gasteiger partial charge >= 0.3 is 5.69 Å². The summed E-state index contributed by atoms with van der Waals surface area (Å²) in [5, 5.41) is 11.6. The number of para-hydroxylation sites is 1. The van der Waals surface area contributed by atoms with Crippen LogP contribution in [0.25, 0.3) is 0 Å². The molecular weight excluding hydrogens is 366 g/mol. The third-order valence-electron chi connectivity index (χ3n) is 4.74. The van der Waals surface area contributed by atoms with Crippen LogP contribution in [-0.4, -0.2) is 50.7 Å². The van der Waals surface area contributed by atoms with E-state index in [0.717, 1.165) is 32.3 Å². The Labute approximate surface area is 159 Å². The Kier molecular flexibility index (Phi) is 5.76. The third-order valence-corrected chi connectivity index (χ3v) is 5.87. The molecule has 3 rings (SSSR count). The van der Waals surface area contributed by atoms with Gasteiger partial charge in [-0.05, 0) is 24.1 Å². The molecular formula is C19H23N3O4S. The summed E-state index contributed by atoms with van der Waals surface area (Å²) in [6, 6.07) is 14.7. The number of hydrogen-bond donors (Lipinski definition) is 0. The van der Waals surface area contributed by atoms with E-state index in [1.165, 1.54) is 11.6 Å². The van der Waals surface area contributed by atoms with Gasteiger partial charge in [-0.3, -0.25) is 15.0 Å². The minimum absolute atomic E-state index is 0.226. The van der Waals surface area contributed by atoms with Crippen LogP contribution >= 0.6 is 0 Å². The van der Waals surface area contributed by atoms with Crippen molar-refractivity contribution in [2.45, 2.75) is 17.9 Å². The van der Waals surface area contributed by atoms with E-state index in [1.54, 1.807) is 12.1 Å². The Hall–Kier alpha value is -2.45. The van der Waals surface area contributed by atoms with Crippen molar-refractivity contribution in [2.24, 2.45) is 0 Å². The molecule has 0 spiro atoms. The van der Waals surface area contributed by atoms with Crippen molar-refractivity contribution in [3.8, 4) is 0 Å². The van der Waals surface area contributed by atoms with Gasteiger partial charge in [0.1, 0.15) is 10.6 Å². The molecule has 0 aliphatic carbocycles. The van der Waals surface area contributed by atoms with Crippen LogP contribution < -0.4 is 4.90 Å². The van der Waals surface area contributed by atoms with Crippen molar-refractivity contribution in [3.63, 3.8) is 0 Å². The summed E-state index contributed by atoms with van der Waals surface area (Å²) in [6.07, 6.45) is 1.86. The molecule has 27 heavy (non-hydrogen) atoms. The van der Waals surface area contributed by atoms with Gasteiger partial charge in [-0.15, -0.1) is 0 Å². The number of sulfone groups is 1. The van der Waals surface area contributed by atoms with Gasteiger partial charge in [-0.25, -0.2) is 8.42 Å². The molecule has 0 aromatic heterocycles. The Morgan fingerprint density at radius 1 is 1.00 bits per heavy atom. The third kappa shape index (κ3) is 4.64. The molecule has 144 valence electrons. The lowest BCUT2D eigenvalue weighted by Gasteiger charge is -2.24. The number of anilines is 1. The van der Waals surface area contributed by atoms with Gasteiger partial charge in [0, 0.05) is 39.0 Å². The van der Waals surface area contributed by atoms with Crippen molar-refractivity contribution in [1.29, 1.82) is 0 Å². The maximum Gasteiger partial charge on any atom is 0.311 e. The molecule has 0 amide bonds. The maximum atomic E-state index is 12.0. The number of nitro groups is 1. The van der Waals surface area contributed by atoms with E-state index in [0.29, 0.717) is 18.8 Å². The van der Waals surface area contributed by atoms with Crippen LogP contribution in [-0.2, 0) is 16.4 Å². The zero-order valence-electron chi connectivity index (χ0n) is 15.2. The second kappa shape index (κ2) is 8.06. The topological polar surface area (TPSA) is 83.8 Å². The second-order valence-electron chi connectivity index (χ2n) is 6.76. The lowest BCUT2D eigenvalue weighted by atomic mass is 10.2. The number of nitrogens with zero attached hydrogens (tertiary/aromatic N) is 3. The SMILES string of the molecule is CS(=O)(=O)c1cccc(N2CCCN(Cc3ccccc3)CC2)c1[N+](=O)[O-]. The summed E-state index contributed by atoms with van der Waals surface area (Å²) in [5.74, 6) is 0. The molecule has 1 saturated heterocycles. The highest BCUT2D eigenvalue weighted by Crippen LogP contribution is 2.35. The number of hydrogen-bond acceptors (Lipinski definition) is 6. The molecule has 0 radical (unpaired) electrons. The van der Waals surface area contributed by atoms with Crippen LogP contribution in [0.15, 0.2) is 53.4 Å². The van der Waals surface area contributed by atoms with Crippen LogP contribution in [0.1, 0.15) is 12.0 Å². The summed E-state index contributed by atoms with van der Waals surface area (Å²) in [7, 11) is -3.68. The fourth-order valence-electron chi connectivity index (χ4n) is 3.46. The Morgan fingerprint density at radius 3 is 2.41 bits per heavy atom. The molecule has 1 heterocycles. The molecule has 1 aliphatic rings. The fraction of sp³-hybridized carbons (Fsp3) is 0.368. The molecule has 2 aromatic carbocycles. The van der Waals surface area contributed by atoms with Gasteiger partial charge in [0.15, 0.2) is 9.84 Å². The van der Waals surface area contributed by atoms with E-state index in [4.69, 9.17) is 0 Å². The van der Waals surface area contributed by atoms with Gasteiger partial charge in [0.05, 0.1) is 4.92 Å². The largest absolute Gasteiger partial charge is 0.365 e. The van der Waals surface area contributed by atoms with Crippen LogP contribution in [0, 0.1) is 10.1 Å².